The zero-order chi connectivity index (χ0) is 27.4. The Hall–Kier alpha value is -4.80. The second kappa shape index (κ2) is 9.15. The van der Waals surface area contributed by atoms with Crippen LogP contribution >= 0.6 is 0 Å². The highest BCUT2D eigenvalue weighted by Gasteiger charge is 2.44. The summed E-state index contributed by atoms with van der Waals surface area (Å²) in [6.07, 6.45) is 10.5. The average Bonchev–Trinajstić information content (AvgIpc) is 3.58. The number of fused-ring (bicyclic) bond motifs is 3. The van der Waals surface area contributed by atoms with E-state index < -0.39 is 5.60 Å². The summed E-state index contributed by atoms with van der Waals surface area (Å²) in [7, 11) is 1.86. The molecule has 0 saturated carbocycles. The fraction of sp³-hybridized carbons (Fsp3) is 0.276. The molecular weight excluding hydrogens is 509 g/mol. The van der Waals surface area contributed by atoms with E-state index in [9.17, 15) is 4.39 Å². The molecule has 0 radical (unpaired) electrons. The Morgan fingerprint density at radius 2 is 1.98 bits per heavy atom. The monoisotopic (exact) mass is 537 g/mol. The smallest absolute Gasteiger partial charge is 0.228 e. The molecule has 1 aliphatic carbocycles. The highest BCUT2D eigenvalue weighted by Crippen LogP contribution is 2.44. The fourth-order valence-corrected chi connectivity index (χ4v) is 5.58. The van der Waals surface area contributed by atoms with Crippen molar-refractivity contribution in [1.82, 2.24) is 39.1 Å². The van der Waals surface area contributed by atoms with Gasteiger partial charge in [-0.15, -0.1) is 10.2 Å². The SMILES string of the molecule is Cc1c(-c2ccnc(Nc3ccnn3C)n2)cn2c1-c1nnc(C3C=C[C@]3(C)Oc3ccccc3F)n1CCC2. The molecule has 5 aromatic rings. The van der Waals surface area contributed by atoms with Crippen LogP contribution in [0.1, 0.15) is 30.7 Å². The van der Waals surface area contributed by atoms with E-state index in [1.54, 1.807) is 35.3 Å². The standard InChI is InChI=1S/C29H28FN9O/c1-18-19(22-10-13-31-28(33-22)34-24-11-14-32-37(24)3)17-38-15-6-16-39-26(35-36-27(39)25(18)38)20-9-12-29(20,2)40-23-8-5-4-7-21(23)30/h4-5,7-14,17,20H,6,15-16H2,1-3H3,(H,31,33,34)/t20?,29-/m0/s1. The molecule has 7 rings (SSSR count). The molecule has 0 fully saturated rings. The van der Waals surface area contributed by atoms with Gasteiger partial charge in [0.2, 0.25) is 5.95 Å². The summed E-state index contributed by atoms with van der Waals surface area (Å²) in [5, 5.41) is 16.7. The van der Waals surface area contributed by atoms with Crippen molar-refractivity contribution in [2.75, 3.05) is 5.32 Å². The lowest BCUT2D eigenvalue weighted by atomic mass is 9.78. The van der Waals surface area contributed by atoms with Gasteiger partial charge in [-0.1, -0.05) is 18.2 Å². The van der Waals surface area contributed by atoms with Gasteiger partial charge < -0.3 is 19.2 Å². The minimum Gasteiger partial charge on any atom is -0.479 e. The Morgan fingerprint density at radius 3 is 2.75 bits per heavy atom. The maximum atomic E-state index is 14.4. The van der Waals surface area contributed by atoms with Crippen LogP contribution in [0.15, 0.2) is 67.1 Å². The summed E-state index contributed by atoms with van der Waals surface area (Å²) >= 11 is 0. The summed E-state index contributed by atoms with van der Waals surface area (Å²) in [5.41, 5.74) is 3.20. The summed E-state index contributed by atoms with van der Waals surface area (Å²) in [6, 6.07) is 10.3. The third-order valence-electron chi connectivity index (χ3n) is 7.78. The van der Waals surface area contributed by atoms with E-state index in [4.69, 9.17) is 9.72 Å². The number of nitrogens with zero attached hydrogens (tertiary/aromatic N) is 8. The van der Waals surface area contributed by atoms with Crippen LogP contribution in [0.5, 0.6) is 5.75 Å². The van der Waals surface area contributed by atoms with Gasteiger partial charge in [-0.05, 0) is 50.1 Å². The second-order valence-electron chi connectivity index (χ2n) is 10.4. The Balaban J connectivity index is 1.22. The molecule has 4 aromatic heterocycles. The molecule has 2 aliphatic rings. The molecule has 1 N–H and O–H groups in total. The van der Waals surface area contributed by atoms with Crippen molar-refractivity contribution in [2.24, 2.45) is 7.05 Å². The topological polar surface area (TPSA) is 100 Å². The molecule has 0 bridgehead atoms. The van der Waals surface area contributed by atoms with E-state index in [1.165, 1.54) is 6.07 Å². The van der Waals surface area contributed by atoms with Crippen LogP contribution in [0.4, 0.5) is 16.2 Å². The molecule has 2 atom stereocenters. The molecule has 5 heterocycles. The Bertz CT molecular complexity index is 1770. The van der Waals surface area contributed by atoms with Gasteiger partial charge in [0.15, 0.2) is 17.4 Å². The zero-order valence-electron chi connectivity index (χ0n) is 22.4. The first-order chi connectivity index (χ1) is 19.4. The van der Waals surface area contributed by atoms with Gasteiger partial charge in [0.05, 0.1) is 23.5 Å². The van der Waals surface area contributed by atoms with Gasteiger partial charge in [0.25, 0.3) is 0 Å². The molecule has 40 heavy (non-hydrogen) atoms. The van der Waals surface area contributed by atoms with Crippen LogP contribution in [0.2, 0.25) is 0 Å². The highest BCUT2D eigenvalue weighted by molar-refractivity contribution is 5.74. The van der Waals surface area contributed by atoms with Gasteiger partial charge in [0, 0.05) is 44.2 Å². The van der Waals surface area contributed by atoms with Crippen molar-refractivity contribution in [3.8, 4) is 28.5 Å². The lowest BCUT2D eigenvalue weighted by molar-refractivity contribution is 0.0944. The first kappa shape index (κ1) is 24.3. The molecule has 1 aromatic carbocycles. The first-order valence-electron chi connectivity index (χ1n) is 13.3. The van der Waals surface area contributed by atoms with E-state index in [0.29, 0.717) is 5.95 Å². The second-order valence-corrected chi connectivity index (χ2v) is 10.4. The van der Waals surface area contributed by atoms with Gasteiger partial charge in [-0.2, -0.15) is 5.10 Å². The molecular formula is C29H28FN9O. The number of benzene rings is 1. The van der Waals surface area contributed by atoms with Crippen LogP contribution in [0.25, 0.3) is 22.8 Å². The minimum atomic E-state index is -0.723. The van der Waals surface area contributed by atoms with E-state index in [-0.39, 0.29) is 17.5 Å². The number of para-hydroxylation sites is 1. The number of ether oxygens (including phenoxy) is 1. The van der Waals surface area contributed by atoms with Crippen molar-refractivity contribution >= 4 is 11.8 Å². The Kier molecular flexibility index (Phi) is 5.55. The maximum Gasteiger partial charge on any atom is 0.228 e. The largest absolute Gasteiger partial charge is 0.479 e. The molecule has 0 spiro atoms. The Morgan fingerprint density at radius 1 is 1.10 bits per heavy atom. The van der Waals surface area contributed by atoms with E-state index >= 15 is 0 Å². The first-order valence-corrected chi connectivity index (χ1v) is 13.3. The normalized spacial score (nSPS) is 19.4. The quantitative estimate of drug-likeness (QED) is 0.304. The molecule has 202 valence electrons. The van der Waals surface area contributed by atoms with Crippen molar-refractivity contribution in [3.63, 3.8) is 0 Å². The average molecular weight is 538 g/mol. The molecule has 0 saturated heterocycles. The summed E-state index contributed by atoms with van der Waals surface area (Å²) < 4.78 is 26.7. The van der Waals surface area contributed by atoms with Crippen LogP contribution in [0.3, 0.4) is 0 Å². The third-order valence-corrected chi connectivity index (χ3v) is 7.78. The number of aryl methyl sites for hydroxylation is 2. The van der Waals surface area contributed by atoms with Crippen LogP contribution in [0, 0.1) is 12.7 Å². The molecule has 10 nitrogen and oxygen atoms in total. The summed E-state index contributed by atoms with van der Waals surface area (Å²) in [5.74, 6) is 2.62. The number of hydrogen-bond donors (Lipinski definition) is 1. The predicted molar refractivity (Wildman–Crippen MR) is 148 cm³/mol. The molecule has 1 unspecified atom stereocenters. The maximum absolute atomic E-state index is 14.4. The van der Waals surface area contributed by atoms with E-state index in [1.807, 2.05) is 32.2 Å². The third kappa shape index (κ3) is 3.88. The van der Waals surface area contributed by atoms with Crippen molar-refractivity contribution in [3.05, 3.63) is 84.3 Å². The Labute approximate surface area is 230 Å². The summed E-state index contributed by atoms with van der Waals surface area (Å²) in [4.78, 5) is 9.18. The number of aromatic nitrogens is 8. The fourth-order valence-electron chi connectivity index (χ4n) is 5.58. The summed E-state index contributed by atoms with van der Waals surface area (Å²) in [6.45, 7) is 5.67. The predicted octanol–water partition coefficient (Wildman–Crippen LogP) is 5.02. The van der Waals surface area contributed by atoms with Crippen LogP contribution in [-0.4, -0.2) is 44.7 Å². The van der Waals surface area contributed by atoms with E-state index in [0.717, 1.165) is 59.5 Å². The van der Waals surface area contributed by atoms with Gasteiger partial charge in [0.1, 0.15) is 17.2 Å². The van der Waals surface area contributed by atoms with Crippen LogP contribution < -0.4 is 10.1 Å². The van der Waals surface area contributed by atoms with E-state index in [2.05, 4.69) is 53.9 Å². The van der Waals surface area contributed by atoms with Crippen molar-refractivity contribution in [1.29, 1.82) is 0 Å². The van der Waals surface area contributed by atoms with Gasteiger partial charge >= 0.3 is 0 Å². The molecule has 1 aliphatic heterocycles. The number of hydrogen-bond acceptors (Lipinski definition) is 7. The minimum absolute atomic E-state index is 0.155. The van der Waals surface area contributed by atoms with Crippen LogP contribution in [-0.2, 0) is 20.1 Å². The number of anilines is 2. The number of halogens is 1. The zero-order valence-corrected chi connectivity index (χ0v) is 22.4. The van der Waals surface area contributed by atoms with Gasteiger partial charge in [-0.25, -0.2) is 14.4 Å². The number of rotatable bonds is 6. The van der Waals surface area contributed by atoms with Crippen molar-refractivity contribution in [2.45, 2.75) is 44.9 Å². The molecule has 11 heteroatoms. The van der Waals surface area contributed by atoms with Gasteiger partial charge in [-0.3, -0.25) is 4.68 Å². The lowest BCUT2D eigenvalue weighted by Crippen LogP contribution is -2.43. The molecule has 0 amide bonds. The highest BCUT2D eigenvalue weighted by atomic mass is 19.1. The van der Waals surface area contributed by atoms with Crippen molar-refractivity contribution < 1.29 is 9.13 Å². The lowest BCUT2D eigenvalue weighted by Gasteiger charge is -2.40. The number of nitrogens with one attached hydrogen (secondary N) is 1.